The third-order valence-electron chi connectivity index (χ3n) is 3.17. The Morgan fingerprint density at radius 3 is 2.76 bits per heavy atom. The quantitative estimate of drug-likeness (QED) is 0.797. The van der Waals surface area contributed by atoms with E-state index in [1.807, 2.05) is 24.3 Å². The highest BCUT2D eigenvalue weighted by molar-refractivity contribution is 5.33. The third-order valence-corrected chi connectivity index (χ3v) is 3.17. The average molecular weight is 236 g/mol. The van der Waals surface area contributed by atoms with Crippen LogP contribution in [0.25, 0.3) is 0 Å². The molecule has 1 aromatic rings. The lowest BCUT2D eigenvalue weighted by atomic mass is 10.1. The van der Waals surface area contributed by atoms with Crippen molar-refractivity contribution in [3.63, 3.8) is 0 Å². The highest BCUT2D eigenvalue weighted by Crippen LogP contribution is 2.19. The second-order valence-corrected chi connectivity index (χ2v) is 4.28. The lowest BCUT2D eigenvalue weighted by Gasteiger charge is -2.31. The van der Waals surface area contributed by atoms with Crippen LogP contribution in [-0.2, 0) is 6.42 Å². The molecule has 1 saturated heterocycles. The molecule has 4 heteroatoms. The van der Waals surface area contributed by atoms with Crippen molar-refractivity contribution in [2.45, 2.75) is 12.6 Å². The summed E-state index contributed by atoms with van der Waals surface area (Å²) in [7, 11) is 1.66. The lowest BCUT2D eigenvalue weighted by Crippen LogP contribution is -2.49. The van der Waals surface area contributed by atoms with E-state index in [0.29, 0.717) is 6.42 Å². The minimum absolute atomic E-state index is 0.423. The number of methoxy groups -OCH3 is 1. The molecule has 1 unspecified atom stereocenters. The molecule has 0 amide bonds. The zero-order valence-corrected chi connectivity index (χ0v) is 10.2. The maximum atomic E-state index is 10.2. The van der Waals surface area contributed by atoms with Crippen molar-refractivity contribution in [3.8, 4) is 5.75 Å². The van der Waals surface area contributed by atoms with Crippen LogP contribution >= 0.6 is 0 Å². The molecule has 2 N–H and O–H groups in total. The molecule has 0 aliphatic carbocycles. The molecular weight excluding hydrogens is 216 g/mol. The van der Waals surface area contributed by atoms with Crippen molar-refractivity contribution in [1.29, 1.82) is 0 Å². The zero-order chi connectivity index (χ0) is 12.1. The summed E-state index contributed by atoms with van der Waals surface area (Å²) in [5.41, 5.74) is 1.06. The summed E-state index contributed by atoms with van der Waals surface area (Å²) in [5, 5.41) is 13.5. The number of para-hydroxylation sites is 1. The van der Waals surface area contributed by atoms with E-state index in [4.69, 9.17) is 4.74 Å². The van der Waals surface area contributed by atoms with Crippen LogP contribution in [0.15, 0.2) is 24.3 Å². The van der Waals surface area contributed by atoms with Crippen molar-refractivity contribution in [3.05, 3.63) is 29.8 Å². The number of hydrogen-bond acceptors (Lipinski definition) is 4. The molecule has 4 nitrogen and oxygen atoms in total. The van der Waals surface area contributed by atoms with E-state index in [0.717, 1.165) is 37.5 Å². The van der Waals surface area contributed by atoms with Crippen molar-refractivity contribution >= 4 is 0 Å². The second kappa shape index (κ2) is 6.00. The molecule has 94 valence electrons. The summed E-state index contributed by atoms with van der Waals surface area (Å²) in [6.45, 7) is 3.69. The maximum absolute atomic E-state index is 10.2. The van der Waals surface area contributed by atoms with Gasteiger partial charge in [0.2, 0.25) is 0 Å². The first kappa shape index (κ1) is 12.4. The molecule has 1 aromatic carbocycles. The predicted octanol–water partition coefficient (Wildman–Crippen LogP) is 0.461. The molecule has 0 radical (unpaired) electrons. The van der Waals surface area contributed by atoms with Gasteiger partial charge in [-0.2, -0.15) is 0 Å². The fourth-order valence-electron chi connectivity index (χ4n) is 2.18. The number of rotatable bonds is 4. The molecule has 0 bridgehead atoms. The van der Waals surface area contributed by atoms with Gasteiger partial charge in [-0.1, -0.05) is 18.2 Å². The van der Waals surface area contributed by atoms with Crippen molar-refractivity contribution < 1.29 is 9.84 Å². The summed E-state index contributed by atoms with van der Waals surface area (Å²) >= 11 is 0. The van der Waals surface area contributed by atoms with Crippen LogP contribution in [0.5, 0.6) is 5.75 Å². The van der Waals surface area contributed by atoms with Gasteiger partial charge in [-0.05, 0) is 11.6 Å². The van der Waals surface area contributed by atoms with Crippen molar-refractivity contribution in [1.82, 2.24) is 10.2 Å². The maximum Gasteiger partial charge on any atom is 0.122 e. The Morgan fingerprint density at radius 2 is 2.06 bits per heavy atom. The minimum atomic E-state index is -0.423. The normalized spacial score (nSPS) is 18.9. The van der Waals surface area contributed by atoms with Gasteiger partial charge in [-0.25, -0.2) is 0 Å². The van der Waals surface area contributed by atoms with Crippen LogP contribution in [0.2, 0.25) is 0 Å². The van der Waals surface area contributed by atoms with Crippen molar-refractivity contribution in [2.24, 2.45) is 0 Å². The number of ether oxygens (including phenoxy) is 1. The minimum Gasteiger partial charge on any atom is -0.496 e. The Kier molecular flexibility index (Phi) is 4.36. The molecule has 0 spiro atoms. The van der Waals surface area contributed by atoms with Gasteiger partial charge in [-0.15, -0.1) is 0 Å². The zero-order valence-electron chi connectivity index (χ0n) is 10.2. The van der Waals surface area contributed by atoms with E-state index in [1.165, 1.54) is 0 Å². The summed E-state index contributed by atoms with van der Waals surface area (Å²) in [5.74, 6) is 0.849. The predicted molar refractivity (Wildman–Crippen MR) is 67.1 cm³/mol. The van der Waals surface area contributed by atoms with Gasteiger partial charge in [0.1, 0.15) is 12.0 Å². The largest absolute Gasteiger partial charge is 0.496 e. The Hall–Kier alpha value is -1.10. The first-order valence-electron chi connectivity index (χ1n) is 6.06. The van der Waals surface area contributed by atoms with Gasteiger partial charge in [0.25, 0.3) is 0 Å². The van der Waals surface area contributed by atoms with Gasteiger partial charge in [0, 0.05) is 32.6 Å². The highest BCUT2D eigenvalue weighted by atomic mass is 16.5. The van der Waals surface area contributed by atoms with E-state index in [9.17, 15) is 5.11 Å². The van der Waals surface area contributed by atoms with E-state index >= 15 is 0 Å². The number of benzene rings is 1. The average Bonchev–Trinajstić information content (AvgIpc) is 2.40. The van der Waals surface area contributed by atoms with Gasteiger partial charge >= 0.3 is 0 Å². The van der Waals surface area contributed by atoms with Crippen LogP contribution in [0.4, 0.5) is 0 Å². The SMILES string of the molecule is COc1ccccc1CC(O)N1CCNCC1. The van der Waals surface area contributed by atoms with E-state index in [-0.39, 0.29) is 0 Å². The van der Waals surface area contributed by atoms with Gasteiger partial charge < -0.3 is 15.2 Å². The number of aliphatic hydroxyl groups is 1. The summed E-state index contributed by atoms with van der Waals surface area (Å²) < 4.78 is 5.29. The number of hydrogen-bond donors (Lipinski definition) is 2. The van der Waals surface area contributed by atoms with Gasteiger partial charge in [-0.3, -0.25) is 4.90 Å². The Labute approximate surface area is 102 Å². The first-order chi connectivity index (χ1) is 8.31. The molecule has 1 aliphatic rings. The van der Waals surface area contributed by atoms with Crippen LogP contribution in [0.1, 0.15) is 5.56 Å². The topological polar surface area (TPSA) is 44.7 Å². The smallest absolute Gasteiger partial charge is 0.122 e. The highest BCUT2D eigenvalue weighted by Gasteiger charge is 2.19. The summed E-state index contributed by atoms with van der Waals surface area (Å²) in [4.78, 5) is 2.10. The molecule has 17 heavy (non-hydrogen) atoms. The summed E-state index contributed by atoms with van der Waals surface area (Å²) in [6.07, 6.45) is 0.192. The van der Waals surface area contributed by atoms with E-state index in [2.05, 4.69) is 10.2 Å². The van der Waals surface area contributed by atoms with Crippen LogP contribution in [-0.4, -0.2) is 49.5 Å². The fourth-order valence-corrected chi connectivity index (χ4v) is 2.18. The number of nitrogens with one attached hydrogen (secondary N) is 1. The number of nitrogens with zero attached hydrogens (tertiary/aromatic N) is 1. The van der Waals surface area contributed by atoms with Gasteiger partial charge in [0.15, 0.2) is 0 Å². The number of piperazine rings is 1. The molecule has 0 aromatic heterocycles. The Balaban J connectivity index is 1.99. The van der Waals surface area contributed by atoms with E-state index in [1.54, 1.807) is 7.11 Å². The fraction of sp³-hybridized carbons (Fsp3) is 0.538. The number of aliphatic hydroxyl groups excluding tert-OH is 1. The van der Waals surface area contributed by atoms with Gasteiger partial charge in [0.05, 0.1) is 7.11 Å². The standard InChI is InChI=1S/C13H20N2O2/c1-17-12-5-3-2-4-11(12)10-13(16)15-8-6-14-7-9-15/h2-5,13-14,16H,6-10H2,1H3. The Bertz CT molecular complexity index is 351. The molecule has 1 aliphatic heterocycles. The molecule has 1 heterocycles. The van der Waals surface area contributed by atoms with Crippen LogP contribution in [0.3, 0.4) is 0 Å². The van der Waals surface area contributed by atoms with Crippen molar-refractivity contribution in [2.75, 3.05) is 33.3 Å². The Morgan fingerprint density at radius 1 is 1.35 bits per heavy atom. The van der Waals surface area contributed by atoms with Crippen LogP contribution < -0.4 is 10.1 Å². The molecule has 1 fully saturated rings. The second-order valence-electron chi connectivity index (χ2n) is 4.28. The monoisotopic (exact) mass is 236 g/mol. The van der Waals surface area contributed by atoms with Crippen LogP contribution in [0, 0.1) is 0 Å². The lowest BCUT2D eigenvalue weighted by molar-refractivity contribution is -0.00301. The molecule has 2 rings (SSSR count). The molecule has 0 saturated carbocycles. The summed E-state index contributed by atoms with van der Waals surface area (Å²) in [6, 6.07) is 7.85. The first-order valence-corrected chi connectivity index (χ1v) is 6.06. The molecule has 1 atom stereocenters. The van der Waals surface area contributed by atoms with E-state index < -0.39 is 6.23 Å². The molecular formula is C13H20N2O2. The third kappa shape index (κ3) is 3.19.